The Balaban J connectivity index is 4.49. The van der Waals surface area contributed by atoms with Crippen LogP contribution in [0.5, 0.6) is 0 Å². The molecule has 6 nitrogen and oxygen atoms in total. The van der Waals surface area contributed by atoms with Crippen LogP contribution < -0.4 is 5.32 Å². The van der Waals surface area contributed by atoms with Crippen molar-refractivity contribution in [2.24, 2.45) is 0 Å². The molecular formula is C17H29NO5S4. The Morgan fingerprint density at radius 2 is 1.67 bits per heavy atom. The predicted molar refractivity (Wildman–Crippen MR) is 121 cm³/mol. The molecule has 0 aromatic rings. The van der Waals surface area contributed by atoms with Crippen LogP contribution in [-0.2, 0) is 19.0 Å². The molecule has 0 fully saturated rings. The molecule has 1 amide bonds. The number of nitrogens with one attached hydrogen (secondary N) is 1. The second-order valence-electron chi connectivity index (χ2n) is 6.35. The molecule has 0 aliphatic heterocycles. The number of amides is 1. The number of thiocarbonyl (C=S) groups is 2. The van der Waals surface area contributed by atoms with E-state index in [4.69, 9.17) is 38.6 Å². The minimum absolute atomic E-state index is 0.0623. The first kappa shape index (κ1) is 26.4. The first-order valence-electron chi connectivity index (χ1n) is 8.68. The Labute approximate surface area is 181 Å². The van der Waals surface area contributed by atoms with E-state index in [-0.39, 0.29) is 16.8 Å². The average molecular weight is 456 g/mol. The topological polar surface area (TPSA) is 73.9 Å². The first-order valence-corrected chi connectivity index (χ1v) is 11.4. The van der Waals surface area contributed by atoms with E-state index in [0.29, 0.717) is 41.4 Å². The molecule has 1 N–H and O–H groups in total. The zero-order valence-corrected chi connectivity index (χ0v) is 19.8. The van der Waals surface area contributed by atoms with Crippen LogP contribution in [0.1, 0.15) is 47.5 Å². The fraction of sp³-hybridized carbons (Fsp3) is 0.765. The monoisotopic (exact) mass is 455 g/mol. The second kappa shape index (κ2) is 14.4. The summed E-state index contributed by atoms with van der Waals surface area (Å²) in [5.41, 5.74) is -0.570. The average Bonchev–Trinajstić information content (AvgIpc) is 2.54. The van der Waals surface area contributed by atoms with E-state index in [0.717, 1.165) is 0 Å². The molecule has 0 radical (unpaired) electrons. The van der Waals surface area contributed by atoms with Gasteiger partial charge in [-0.05, 0) is 65.5 Å². The Bertz CT molecular complexity index is 508. The van der Waals surface area contributed by atoms with Gasteiger partial charge in [0.15, 0.2) is 0 Å². The van der Waals surface area contributed by atoms with Crippen LogP contribution >= 0.6 is 48.0 Å². The Kier molecular flexibility index (Phi) is 14.1. The Morgan fingerprint density at radius 3 is 2.22 bits per heavy atom. The highest BCUT2D eigenvalue weighted by Gasteiger charge is 2.20. The van der Waals surface area contributed by atoms with Gasteiger partial charge in [-0.3, -0.25) is 4.79 Å². The number of thioether (sulfide) groups is 2. The number of alkyl carbamates (subject to hydrolysis) is 1. The van der Waals surface area contributed by atoms with Crippen LogP contribution in [0.4, 0.5) is 4.79 Å². The first-order chi connectivity index (χ1) is 12.6. The predicted octanol–water partition coefficient (Wildman–Crippen LogP) is 4.34. The maximum Gasteiger partial charge on any atom is 0.407 e. The van der Waals surface area contributed by atoms with Gasteiger partial charge in [-0.2, -0.15) is 0 Å². The molecular weight excluding hydrogens is 426 g/mol. The summed E-state index contributed by atoms with van der Waals surface area (Å²) in [7, 11) is 0. The molecule has 156 valence electrons. The summed E-state index contributed by atoms with van der Waals surface area (Å²) < 4.78 is 16.4. The van der Waals surface area contributed by atoms with Crippen LogP contribution in [0.25, 0.3) is 0 Å². The molecule has 27 heavy (non-hydrogen) atoms. The molecule has 0 rings (SSSR count). The summed E-state index contributed by atoms with van der Waals surface area (Å²) in [6.45, 7) is 10.4. The maximum absolute atomic E-state index is 12.1. The van der Waals surface area contributed by atoms with Crippen molar-refractivity contribution in [3.8, 4) is 0 Å². The number of hydrogen-bond acceptors (Lipinski definition) is 9. The lowest BCUT2D eigenvalue weighted by atomic mass is 10.2. The van der Waals surface area contributed by atoms with Crippen molar-refractivity contribution in [2.45, 2.75) is 58.3 Å². The van der Waals surface area contributed by atoms with Gasteiger partial charge in [-0.1, -0.05) is 23.5 Å². The molecule has 0 spiro atoms. The largest absolute Gasteiger partial charge is 0.479 e. The van der Waals surface area contributed by atoms with Crippen molar-refractivity contribution in [3.63, 3.8) is 0 Å². The Morgan fingerprint density at radius 1 is 1.07 bits per heavy atom. The smallest absolute Gasteiger partial charge is 0.407 e. The van der Waals surface area contributed by atoms with E-state index in [1.807, 2.05) is 13.8 Å². The molecule has 0 saturated carbocycles. The molecule has 10 heteroatoms. The number of Topliss-reactive ketones (excluding diaryl/α,β-unsaturated/α-hetero) is 1. The van der Waals surface area contributed by atoms with Crippen molar-refractivity contribution in [3.05, 3.63) is 0 Å². The molecule has 1 unspecified atom stereocenters. The van der Waals surface area contributed by atoms with Crippen LogP contribution in [0.3, 0.4) is 0 Å². The maximum atomic E-state index is 12.1. The molecule has 0 aliphatic rings. The summed E-state index contributed by atoms with van der Waals surface area (Å²) in [6.07, 6.45) is 0.401. The number of rotatable bonds is 10. The number of hydrogen-bond donors (Lipinski definition) is 1. The van der Waals surface area contributed by atoms with Crippen molar-refractivity contribution >= 4 is 68.6 Å². The zero-order chi connectivity index (χ0) is 20.9. The SMILES string of the molecule is CCOC(=S)SCC(=O)CCC(CNC(=O)OC(C)(C)C)SC(=S)OCC. The van der Waals surface area contributed by atoms with E-state index in [1.165, 1.54) is 23.5 Å². The highest BCUT2D eigenvalue weighted by molar-refractivity contribution is 8.23. The van der Waals surface area contributed by atoms with Gasteiger partial charge < -0.3 is 19.5 Å². The summed E-state index contributed by atoms with van der Waals surface area (Å²) in [4.78, 5) is 23.9. The van der Waals surface area contributed by atoms with Crippen LogP contribution in [-0.4, -0.2) is 57.0 Å². The third-order valence-corrected chi connectivity index (χ3v) is 5.50. The zero-order valence-electron chi connectivity index (χ0n) is 16.5. The fourth-order valence-corrected chi connectivity index (χ4v) is 4.00. The fourth-order valence-electron chi connectivity index (χ4n) is 1.70. The van der Waals surface area contributed by atoms with E-state index in [2.05, 4.69) is 5.32 Å². The molecule has 0 aromatic heterocycles. The van der Waals surface area contributed by atoms with Crippen LogP contribution in [0, 0.1) is 0 Å². The van der Waals surface area contributed by atoms with E-state index >= 15 is 0 Å². The van der Waals surface area contributed by atoms with Gasteiger partial charge in [0.05, 0.1) is 19.0 Å². The molecule has 0 aromatic carbocycles. The number of carbonyl (C=O) groups is 2. The van der Waals surface area contributed by atoms with E-state index in [9.17, 15) is 9.59 Å². The van der Waals surface area contributed by atoms with Crippen molar-refractivity contribution in [1.82, 2.24) is 5.32 Å². The summed E-state index contributed by atoms with van der Waals surface area (Å²) in [5, 5.41) is 2.63. The van der Waals surface area contributed by atoms with Crippen molar-refractivity contribution < 1.29 is 23.8 Å². The van der Waals surface area contributed by atoms with Crippen LogP contribution in [0.15, 0.2) is 0 Å². The molecule has 0 aliphatic carbocycles. The van der Waals surface area contributed by atoms with Gasteiger partial charge >= 0.3 is 6.09 Å². The van der Waals surface area contributed by atoms with Crippen molar-refractivity contribution in [1.29, 1.82) is 0 Å². The van der Waals surface area contributed by atoms with Gasteiger partial charge in [0.1, 0.15) is 11.4 Å². The van der Waals surface area contributed by atoms with Gasteiger partial charge in [-0.25, -0.2) is 4.79 Å². The standard InChI is InChI=1S/C17H29NO5S4/c1-6-21-15(24)26-11-12(19)8-9-13(27-16(25)22-7-2)10-18-14(20)23-17(3,4)5/h13H,6-11H2,1-5H3,(H,18,20). The molecule has 1 atom stereocenters. The number of carbonyl (C=O) groups excluding carboxylic acids is 2. The summed E-state index contributed by atoms with van der Waals surface area (Å²) >= 11 is 12.7. The minimum Gasteiger partial charge on any atom is -0.479 e. The number of ketones is 1. The van der Waals surface area contributed by atoms with Crippen molar-refractivity contribution in [2.75, 3.05) is 25.5 Å². The van der Waals surface area contributed by atoms with Gasteiger partial charge in [0, 0.05) is 18.2 Å². The normalized spacial score (nSPS) is 12.0. The Hall–Kier alpha value is -0.580. The quantitative estimate of drug-likeness (QED) is 0.484. The summed E-state index contributed by atoms with van der Waals surface area (Å²) in [5.74, 6) is 0.332. The minimum atomic E-state index is -0.570. The van der Waals surface area contributed by atoms with Gasteiger partial charge in [0.2, 0.25) is 8.77 Å². The lowest BCUT2D eigenvalue weighted by molar-refractivity contribution is -0.116. The van der Waals surface area contributed by atoms with Crippen LogP contribution in [0.2, 0.25) is 0 Å². The summed E-state index contributed by atoms with van der Waals surface area (Å²) in [6, 6.07) is 0. The number of ether oxygens (including phenoxy) is 3. The molecule has 0 heterocycles. The lowest BCUT2D eigenvalue weighted by Crippen LogP contribution is -2.36. The molecule has 0 bridgehead atoms. The third kappa shape index (κ3) is 16.1. The van der Waals surface area contributed by atoms with Gasteiger partial charge in [0.25, 0.3) is 0 Å². The second-order valence-corrected chi connectivity index (χ2v) is 9.83. The van der Waals surface area contributed by atoms with Gasteiger partial charge in [-0.15, -0.1) is 0 Å². The highest BCUT2D eigenvalue weighted by Crippen LogP contribution is 2.20. The van der Waals surface area contributed by atoms with E-state index < -0.39 is 11.7 Å². The molecule has 0 saturated heterocycles. The highest BCUT2D eigenvalue weighted by atomic mass is 32.2. The lowest BCUT2D eigenvalue weighted by Gasteiger charge is -2.22. The third-order valence-electron chi connectivity index (χ3n) is 2.76. The van der Waals surface area contributed by atoms with E-state index in [1.54, 1.807) is 20.8 Å².